The average molecular weight is 223 g/mol. The number of aliphatic hydroxyl groups excluding tert-OH is 1. The first-order chi connectivity index (χ1) is 7.54. The summed E-state index contributed by atoms with van der Waals surface area (Å²) in [5.74, 6) is -0.132. The second kappa shape index (κ2) is 5.55. The van der Waals surface area contributed by atoms with Gasteiger partial charge in [0.15, 0.2) is 0 Å². The van der Waals surface area contributed by atoms with Crippen LogP contribution in [-0.2, 0) is 0 Å². The highest BCUT2D eigenvalue weighted by molar-refractivity contribution is 5.92. The minimum absolute atomic E-state index is 0.0807. The van der Waals surface area contributed by atoms with Gasteiger partial charge in [0.2, 0.25) is 0 Å². The van der Waals surface area contributed by atoms with Crippen molar-refractivity contribution < 1.29 is 9.90 Å². The summed E-state index contributed by atoms with van der Waals surface area (Å²) in [4.78, 5) is 19.7. The van der Waals surface area contributed by atoms with Crippen molar-refractivity contribution in [2.45, 2.75) is 26.8 Å². The van der Waals surface area contributed by atoms with E-state index in [1.165, 1.54) is 12.4 Å². The molecular formula is C11H17N3O2. The molecule has 1 heterocycles. The maximum absolute atomic E-state index is 11.7. The fourth-order valence-corrected chi connectivity index (χ4v) is 1.18. The number of nitrogens with zero attached hydrogens (tertiary/aromatic N) is 2. The molecule has 0 saturated carbocycles. The molecule has 0 unspecified atom stereocenters. The lowest BCUT2D eigenvalue weighted by Crippen LogP contribution is -2.41. The summed E-state index contributed by atoms with van der Waals surface area (Å²) < 4.78 is 0. The van der Waals surface area contributed by atoms with Gasteiger partial charge in [0.1, 0.15) is 5.69 Å². The monoisotopic (exact) mass is 223 g/mol. The number of aryl methyl sites for hydroxylation is 1. The number of hydrogen-bond acceptors (Lipinski definition) is 4. The van der Waals surface area contributed by atoms with Gasteiger partial charge >= 0.3 is 0 Å². The van der Waals surface area contributed by atoms with Gasteiger partial charge in [-0.05, 0) is 12.8 Å². The Labute approximate surface area is 94.9 Å². The van der Waals surface area contributed by atoms with Crippen LogP contribution >= 0.6 is 0 Å². The van der Waals surface area contributed by atoms with Crippen molar-refractivity contribution in [3.05, 3.63) is 23.8 Å². The number of aromatic nitrogens is 2. The van der Waals surface area contributed by atoms with Gasteiger partial charge in [0.05, 0.1) is 24.5 Å². The van der Waals surface area contributed by atoms with Crippen LogP contribution in [0.15, 0.2) is 12.4 Å². The molecule has 5 nitrogen and oxygen atoms in total. The summed E-state index contributed by atoms with van der Waals surface area (Å²) in [7, 11) is 0. The van der Waals surface area contributed by atoms with Crippen molar-refractivity contribution in [1.29, 1.82) is 0 Å². The van der Waals surface area contributed by atoms with Crippen LogP contribution in [0.1, 0.15) is 30.0 Å². The van der Waals surface area contributed by atoms with Crippen LogP contribution in [0.3, 0.4) is 0 Å². The number of carbonyl (C=O) groups excluding carboxylic acids is 1. The molecule has 0 aromatic carbocycles. The Hall–Kier alpha value is -1.49. The molecule has 1 atom stereocenters. The summed E-state index contributed by atoms with van der Waals surface area (Å²) in [6.45, 7) is 5.59. The molecule has 16 heavy (non-hydrogen) atoms. The summed E-state index contributed by atoms with van der Waals surface area (Å²) in [5.41, 5.74) is 1.03. The Morgan fingerprint density at radius 3 is 2.56 bits per heavy atom. The highest BCUT2D eigenvalue weighted by atomic mass is 16.3. The Bertz CT molecular complexity index is 349. The fourth-order valence-electron chi connectivity index (χ4n) is 1.18. The van der Waals surface area contributed by atoms with Crippen LogP contribution in [0.25, 0.3) is 0 Å². The first-order valence-corrected chi connectivity index (χ1v) is 5.25. The van der Waals surface area contributed by atoms with Gasteiger partial charge in [-0.3, -0.25) is 9.78 Å². The van der Waals surface area contributed by atoms with Crippen LogP contribution in [0, 0.1) is 12.8 Å². The van der Waals surface area contributed by atoms with Gasteiger partial charge in [-0.15, -0.1) is 0 Å². The molecular weight excluding hydrogens is 206 g/mol. The molecule has 1 amide bonds. The zero-order valence-electron chi connectivity index (χ0n) is 9.77. The van der Waals surface area contributed by atoms with Crippen LogP contribution in [0.4, 0.5) is 0 Å². The molecule has 2 N–H and O–H groups in total. The number of aliphatic hydroxyl groups is 1. The van der Waals surface area contributed by atoms with Gasteiger partial charge in [0, 0.05) is 6.20 Å². The average Bonchev–Trinajstić information content (AvgIpc) is 2.26. The third-order valence-electron chi connectivity index (χ3n) is 2.33. The van der Waals surface area contributed by atoms with Crippen LogP contribution in [-0.4, -0.2) is 33.6 Å². The first-order valence-electron chi connectivity index (χ1n) is 5.25. The van der Waals surface area contributed by atoms with E-state index >= 15 is 0 Å². The molecule has 0 fully saturated rings. The Kier molecular flexibility index (Phi) is 4.37. The van der Waals surface area contributed by atoms with E-state index in [-0.39, 0.29) is 30.2 Å². The standard InChI is InChI=1S/C11H17N3O2/c1-7(2)10(6-15)14-11(16)9-5-12-8(3)4-13-9/h4-5,7,10,15H,6H2,1-3H3,(H,14,16)/t10-/m1/s1. The van der Waals surface area contributed by atoms with Crippen molar-refractivity contribution >= 4 is 5.91 Å². The Balaban J connectivity index is 2.68. The quantitative estimate of drug-likeness (QED) is 0.780. The summed E-state index contributed by atoms with van der Waals surface area (Å²) in [6.07, 6.45) is 2.97. The predicted molar refractivity (Wildman–Crippen MR) is 59.9 cm³/mol. The molecule has 88 valence electrons. The van der Waals surface area contributed by atoms with Gasteiger partial charge in [-0.25, -0.2) is 4.98 Å². The smallest absolute Gasteiger partial charge is 0.271 e. The largest absolute Gasteiger partial charge is 0.394 e. The van der Waals surface area contributed by atoms with Crippen molar-refractivity contribution in [3.8, 4) is 0 Å². The Morgan fingerprint density at radius 2 is 2.12 bits per heavy atom. The number of carbonyl (C=O) groups is 1. The molecule has 1 rings (SSSR count). The molecule has 0 bridgehead atoms. The number of rotatable bonds is 4. The minimum Gasteiger partial charge on any atom is -0.394 e. The van der Waals surface area contributed by atoms with E-state index in [1.807, 2.05) is 13.8 Å². The molecule has 0 aliphatic carbocycles. The van der Waals surface area contributed by atoms with E-state index in [2.05, 4.69) is 15.3 Å². The van der Waals surface area contributed by atoms with Gasteiger partial charge in [-0.1, -0.05) is 13.8 Å². The third-order valence-corrected chi connectivity index (χ3v) is 2.33. The molecule has 5 heteroatoms. The summed E-state index contributed by atoms with van der Waals surface area (Å²) in [5, 5.41) is 11.8. The second-order valence-electron chi connectivity index (χ2n) is 4.05. The van der Waals surface area contributed by atoms with E-state index in [0.717, 1.165) is 5.69 Å². The van der Waals surface area contributed by atoms with Gasteiger partial charge in [0.25, 0.3) is 5.91 Å². The fraction of sp³-hybridized carbons (Fsp3) is 0.545. The molecule has 1 aromatic heterocycles. The highest BCUT2D eigenvalue weighted by Gasteiger charge is 2.16. The van der Waals surface area contributed by atoms with E-state index in [4.69, 9.17) is 5.11 Å². The SMILES string of the molecule is Cc1cnc(C(=O)N[C@H](CO)C(C)C)cn1. The van der Waals surface area contributed by atoms with Crippen LogP contribution < -0.4 is 5.32 Å². The van der Waals surface area contributed by atoms with E-state index < -0.39 is 0 Å². The third kappa shape index (κ3) is 3.27. The normalized spacial score (nSPS) is 12.6. The van der Waals surface area contributed by atoms with E-state index in [9.17, 15) is 4.79 Å². The lowest BCUT2D eigenvalue weighted by atomic mass is 10.1. The second-order valence-corrected chi connectivity index (χ2v) is 4.05. The van der Waals surface area contributed by atoms with Gasteiger partial charge in [-0.2, -0.15) is 0 Å². The van der Waals surface area contributed by atoms with Gasteiger partial charge < -0.3 is 10.4 Å². The van der Waals surface area contributed by atoms with Crippen LogP contribution in [0.2, 0.25) is 0 Å². The van der Waals surface area contributed by atoms with Crippen molar-refractivity contribution in [3.63, 3.8) is 0 Å². The molecule has 0 spiro atoms. The summed E-state index contributed by atoms with van der Waals surface area (Å²) in [6, 6.07) is -0.254. The lowest BCUT2D eigenvalue weighted by molar-refractivity contribution is 0.0891. The molecule has 0 aliphatic rings. The number of nitrogens with one attached hydrogen (secondary N) is 1. The van der Waals surface area contributed by atoms with Crippen molar-refractivity contribution in [2.24, 2.45) is 5.92 Å². The summed E-state index contributed by atoms with van der Waals surface area (Å²) >= 11 is 0. The molecule has 0 saturated heterocycles. The maximum Gasteiger partial charge on any atom is 0.271 e. The predicted octanol–water partition coefficient (Wildman–Crippen LogP) is 0.532. The zero-order chi connectivity index (χ0) is 12.1. The zero-order valence-corrected chi connectivity index (χ0v) is 9.77. The number of hydrogen-bond donors (Lipinski definition) is 2. The van der Waals surface area contributed by atoms with Crippen LogP contribution in [0.5, 0.6) is 0 Å². The first kappa shape index (κ1) is 12.6. The Morgan fingerprint density at radius 1 is 1.44 bits per heavy atom. The lowest BCUT2D eigenvalue weighted by Gasteiger charge is -2.19. The van der Waals surface area contributed by atoms with Crippen molar-refractivity contribution in [1.82, 2.24) is 15.3 Å². The van der Waals surface area contributed by atoms with E-state index in [1.54, 1.807) is 6.92 Å². The topological polar surface area (TPSA) is 75.1 Å². The maximum atomic E-state index is 11.7. The molecule has 0 radical (unpaired) electrons. The number of amides is 1. The minimum atomic E-state index is -0.305. The van der Waals surface area contributed by atoms with E-state index in [0.29, 0.717) is 0 Å². The highest BCUT2D eigenvalue weighted by Crippen LogP contribution is 2.02. The molecule has 0 aliphatic heterocycles. The molecule has 1 aromatic rings. The van der Waals surface area contributed by atoms with Crippen molar-refractivity contribution in [2.75, 3.05) is 6.61 Å².